The molecule has 6 heteroatoms. The molecule has 0 aliphatic carbocycles. The number of carbonyl (C=O) groups is 3. The molecule has 0 radical (unpaired) electrons. The lowest BCUT2D eigenvalue weighted by Gasteiger charge is -2.20. The number of hydrogen-bond acceptors (Lipinski definition) is 3. The summed E-state index contributed by atoms with van der Waals surface area (Å²) in [5.74, 6) is -2.26. The summed E-state index contributed by atoms with van der Waals surface area (Å²) in [6.45, 7) is 3.80. The minimum absolute atomic E-state index is 0.0217. The van der Waals surface area contributed by atoms with Crippen molar-refractivity contribution in [2.75, 3.05) is 11.4 Å². The maximum Gasteiger partial charge on any atom is 0.308 e. The molecule has 0 spiro atoms. The fraction of sp³-hybridized carbons (Fsp3) is 0.400. The van der Waals surface area contributed by atoms with Crippen molar-refractivity contribution in [2.24, 2.45) is 5.92 Å². The second-order valence-corrected chi connectivity index (χ2v) is 5.39. The highest BCUT2D eigenvalue weighted by molar-refractivity contribution is 6.06. The summed E-state index contributed by atoms with van der Waals surface area (Å²) in [5, 5.41) is 11.8. The minimum Gasteiger partial charge on any atom is -0.481 e. The summed E-state index contributed by atoms with van der Waals surface area (Å²) < 4.78 is 0. The van der Waals surface area contributed by atoms with Crippen molar-refractivity contribution >= 4 is 23.5 Å². The molecular formula is C15H18N2O4. The van der Waals surface area contributed by atoms with Gasteiger partial charge in [-0.25, -0.2) is 0 Å². The highest BCUT2D eigenvalue weighted by Gasteiger charge is 2.36. The molecule has 1 unspecified atom stereocenters. The fourth-order valence-corrected chi connectivity index (χ4v) is 2.35. The maximum absolute atomic E-state index is 12.2. The van der Waals surface area contributed by atoms with E-state index in [1.54, 1.807) is 24.3 Å². The van der Waals surface area contributed by atoms with Gasteiger partial charge in [-0.1, -0.05) is 12.1 Å². The highest BCUT2D eigenvalue weighted by atomic mass is 16.4. The highest BCUT2D eigenvalue weighted by Crippen LogP contribution is 2.28. The number of benzene rings is 1. The standard InChI is InChI=1S/C15H18N2O4/c1-9(2)16-14(19)11-5-3-4-6-12(11)17-8-10(15(20)21)7-13(17)18/h3-6,9-10H,7-8H2,1-2H3,(H,16,19)(H,20,21). The van der Waals surface area contributed by atoms with Gasteiger partial charge in [0.1, 0.15) is 0 Å². The Bertz CT molecular complexity index is 583. The summed E-state index contributed by atoms with van der Waals surface area (Å²) in [5.41, 5.74) is 0.843. The van der Waals surface area contributed by atoms with E-state index in [0.717, 1.165) is 0 Å². The van der Waals surface area contributed by atoms with Crippen molar-refractivity contribution in [2.45, 2.75) is 26.3 Å². The van der Waals surface area contributed by atoms with E-state index in [-0.39, 0.29) is 30.8 Å². The number of nitrogens with zero attached hydrogens (tertiary/aromatic N) is 1. The molecule has 1 aliphatic rings. The number of anilines is 1. The van der Waals surface area contributed by atoms with Gasteiger partial charge in [-0.3, -0.25) is 14.4 Å². The van der Waals surface area contributed by atoms with Crippen LogP contribution in [0.15, 0.2) is 24.3 Å². The third-order valence-corrected chi connectivity index (χ3v) is 3.33. The number of nitrogens with one attached hydrogen (secondary N) is 1. The van der Waals surface area contributed by atoms with Gasteiger partial charge in [0, 0.05) is 19.0 Å². The number of para-hydroxylation sites is 1. The second-order valence-electron chi connectivity index (χ2n) is 5.39. The predicted octanol–water partition coefficient (Wildman–Crippen LogP) is 1.26. The fourth-order valence-electron chi connectivity index (χ4n) is 2.35. The molecule has 1 heterocycles. The van der Waals surface area contributed by atoms with Crippen LogP contribution in [0.25, 0.3) is 0 Å². The van der Waals surface area contributed by atoms with E-state index in [9.17, 15) is 14.4 Å². The lowest BCUT2D eigenvalue weighted by Crippen LogP contribution is -2.33. The van der Waals surface area contributed by atoms with E-state index >= 15 is 0 Å². The van der Waals surface area contributed by atoms with Crippen LogP contribution in [0.1, 0.15) is 30.6 Å². The van der Waals surface area contributed by atoms with Crippen molar-refractivity contribution in [1.82, 2.24) is 5.32 Å². The van der Waals surface area contributed by atoms with Crippen molar-refractivity contribution in [1.29, 1.82) is 0 Å². The average molecular weight is 290 g/mol. The lowest BCUT2D eigenvalue weighted by molar-refractivity contribution is -0.141. The van der Waals surface area contributed by atoms with Gasteiger partial charge in [-0.15, -0.1) is 0 Å². The molecular weight excluding hydrogens is 272 g/mol. The molecule has 1 aromatic rings. The Morgan fingerprint density at radius 1 is 1.33 bits per heavy atom. The molecule has 0 saturated carbocycles. The molecule has 2 rings (SSSR count). The zero-order valence-corrected chi connectivity index (χ0v) is 12.0. The molecule has 2 N–H and O–H groups in total. The first-order valence-corrected chi connectivity index (χ1v) is 6.83. The third-order valence-electron chi connectivity index (χ3n) is 3.33. The summed E-state index contributed by atoms with van der Waals surface area (Å²) in [7, 11) is 0. The topological polar surface area (TPSA) is 86.7 Å². The number of amides is 2. The SMILES string of the molecule is CC(C)NC(=O)c1ccccc1N1CC(C(=O)O)CC1=O. The van der Waals surface area contributed by atoms with Crippen LogP contribution in [-0.2, 0) is 9.59 Å². The van der Waals surface area contributed by atoms with E-state index in [1.165, 1.54) is 4.90 Å². The van der Waals surface area contributed by atoms with Gasteiger partial charge >= 0.3 is 5.97 Å². The Morgan fingerprint density at radius 2 is 2.00 bits per heavy atom. The minimum atomic E-state index is -0.991. The van der Waals surface area contributed by atoms with Crippen LogP contribution in [0.4, 0.5) is 5.69 Å². The Kier molecular flexibility index (Phi) is 4.26. The van der Waals surface area contributed by atoms with Crippen molar-refractivity contribution < 1.29 is 19.5 Å². The quantitative estimate of drug-likeness (QED) is 0.874. The Hall–Kier alpha value is -2.37. The van der Waals surface area contributed by atoms with Gasteiger partial charge in [0.15, 0.2) is 0 Å². The molecule has 6 nitrogen and oxygen atoms in total. The molecule has 1 fully saturated rings. The molecule has 21 heavy (non-hydrogen) atoms. The predicted molar refractivity (Wildman–Crippen MR) is 77.1 cm³/mol. The van der Waals surface area contributed by atoms with Crippen LogP contribution < -0.4 is 10.2 Å². The van der Waals surface area contributed by atoms with Crippen LogP contribution in [-0.4, -0.2) is 35.5 Å². The Balaban J connectivity index is 2.30. The molecule has 1 saturated heterocycles. The van der Waals surface area contributed by atoms with Crippen LogP contribution in [0.5, 0.6) is 0 Å². The monoisotopic (exact) mass is 290 g/mol. The van der Waals surface area contributed by atoms with Crippen LogP contribution >= 0.6 is 0 Å². The van der Waals surface area contributed by atoms with Gasteiger partial charge in [-0.2, -0.15) is 0 Å². The molecule has 1 aliphatic heterocycles. The van der Waals surface area contributed by atoms with E-state index in [4.69, 9.17) is 5.11 Å². The summed E-state index contributed by atoms with van der Waals surface area (Å²) in [4.78, 5) is 36.6. The number of rotatable bonds is 4. The van der Waals surface area contributed by atoms with Crippen molar-refractivity contribution in [3.05, 3.63) is 29.8 Å². The molecule has 1 atom stereocenters. The largest absolute Gasteiger partial charge is 0.481 e. The van der Waals surface area contributed by atoms with Gasteiger partial charge in [0.2, 0.25) is 5.91 Å². The second kappa shape index (κ2) is 5.95. The van der Waals surface area contributed by atoms with Crippen LogP contribution in [0.3, 0.4) is 0 Å². The van der Waals surface area contributed by atoms with Gasteiger partial charge in [0.05, 0.1) is 17.2 Å². The molecule has 1 aromatic carbocycles. The summed E-state index contributed by atoms with van der Waals surface area (Å²) in [6.07, 6.45) is -0.0323. The number of carboxylic acid groups (broad SMARTS) is 1. The zero-order chi connectivity index (χ0) is 15.6. The lowest BCUT2D eigenvalue weighted by atomic mass is 10.1. The summed E-state index contributed by atoms with van der Waals surface area (Å²) >= 11 is 0. The molecule has 0 bridgehead atoms. The first kappa shape index (κ1) is 15.0. The van der Waals surface area contributed by atoms with Crippen molar-refractivity contribution in [3.63, 3.8) is 0 Å². The maximum atomic E-state index is 12.2. The number of carboxylic acids is 1. The number of hydrogen-bond donors (Lipinski definition) is 2. The smallest absolute Gasteiger partial charge is 0.308 e. The van der Waals surface area contributed by atoms with E-state index in [1.807, 2.05) is 13.8 Å². The number of aliphatic carboxylic acids is 1. The van der Waals surface area contributed by atoms with E-state index in [2.05, 4.69) is 5.32 Å². The van der Waals surface area contributed by atoms with Gasteiger partial charge < -0.3 is 15.3 Å². The van der Waals surface area contributed by atoms with Gasteiger partial charge in [0.25, 0.3) is 5.91 Å². The third kappa shape index (κ3) is 3.21. The van der Waals surface area contributed by atoms with E-state index in [0.29, 0.717) is 11.3 Å². The van der Waals surface area contributed by atoms with Crippen LogP contribution in [0.2, 0.25) is 0 Å². The Morgan fingerprint density at radius 3 is 2.57 bits per heavy atom. The molecule has 112 valence electrons. The first-order chi connectivity index (χ1) is 9.90. The van der Waals surface area contributed by atoms with Crippen molar-refractivity contribution in [3.8, 4) is 0 Å². The zero-order valence-electron chi connectivity index (χ0n) is 12.0. The first-order valence-electron chi connectivity index (χ1n) is 6.83. The van der Waals surface area contributed by atoms with Crippen LogP contribution in [0, 0.1) is 5.92 Å². The van der Waals surface area contributed by atoms with E-state index < -0.39 is 11.9 Å². The average Bonchev–Trinajstić information content (AvgIpc) is 2.80. The Labute approximate surface area is 122 Å². The summed E-state index contributed by atoms with van der Waals surface area (Å²) in [6, 6.07) is 6.72. The number of carbonyl (C=O) groups excluding carboxylic acids is 2. The van der Waals surface area contributed by atoms with Gasteiger partial charge in [-0.05, 0) is 26.0 Å². The molecule has 2 amide bonds. The molecule has 0 aromatic heterocycles. The normalized spacial score (nSPS) is 18.1.